The summed E-state index contributed by atoms with van der Waals surface area (Å²) in [5.41, 5.74) is 5.97. The van der Waals surface area contributed by atoms with Crippen LogP contribution >= 0.6 is 0 Å². The monoisotopic (exact) mass is 222 g/mol. The summed E-state index contributed by atoms with van der Waals surface area (Å²) in [6.07, 6.45) is 1.03. The van der Waals surface area contributed by atoms with Gasteiger partial charge in [-0.1, -0.05) is 18.1 Å². The maximum Gasteiger partial charge on any atom is 0.188 e. The number of nitrogens with two attached hydrogens (primary N) is 1. The maximum absolute atomic E-state index is 8.58. The van der Waals surface area contributed by atoms with E-state index >= 15 is 0 Å². The smallest absolute Gasteiger partial charge is 0.188 e. The molecule has 1 heterocycles. The van der Waals surface area contributed by atoms with Gasteiger partial charge in [0.25, 0.3) is 0 Å². The minimum absolute atomic E-state index is 0.0272. The minimum Gasteiger partial charge on any atom is -0.409 e. The summed E-state index contributed by atoms with van der Waals surface area (Å²) < 4.78 is 0. The normalized spacial score (nSPS) is 13.6. The van der Waals surface area contributed by atoms with Crippen LogP contribution in [0.15, 0.2) is 23.4 Å². The second kappa shape index (κ2) is 5.34. The molecule has 5 heteroatoms. The number of hydrogen-bond donors (Lipinski definition) is 2. The van der Waals surface area contributed by atoms with E-state index in [2.05, 4.69) is 28.9 Å². The van der Waals surface area contributed by atoms with Crippen molar-refractivity contribution in [1.82, 2.24) is 4.98 Å². The summed E-state index contributed by atoms with van der Waals surface area (Å²) in [5, 5.41) is 11.5. The van der Waals surface area contributed by atoms with Gasteiger partial charge >= 0.3 is 0 Å². The Balaban J connectivity index is 2.98. The Bertz CT molecular complexity index is 378. The second-order valence-electron chi connectivity index (χ2n) is 3.73. The zero-order valence-corrected chi connectivity index (χ0v) is 9.88. The first-order valence-electron chi connectivity index (χ1n) is 5.28. The first kappa shape index (κ1) is 12.3. The van der Waals surface area contributed by atoms with E-state index in [1.165, 1.54) is 0 Å². The number of rotatable bonds is 4. The van der Waals surface area contributed by atoms with Gasteiger partial charge in [-0.15, -0.1) is 0 Å². The average Bonchev–Trinajstić information content (AvgIpc) is 2.36. The van der Waals surface area contributed by atoms with Crippen LogP contribution in [0.2, 0.25) is 0 Å². The van der Waals surface area contributed by atoms with Crippen LogP contribution < -0.4 is 10.6 Å². The lowest BCUT2D eigenvalue weighted by Gasteiger charge is -2.25. The van der Waals surface area contributed by atoms with Gasteiger partial charge in [-0.2, -0.15) is 0 Å². The highest BCUT2D eigenvalue weighted by Gasteiger charge is 2.10. The predicted octanol–water partition coefficient (Wildman–Crippen LogP) is 1.41. The molecule has 1 aromatic heterocycles. The van der Waals surface area contributed by atoms with Gasteiger partial charge in [-0.05, 0) is 25.5 Å². The van der Waals surface area contributed by atoms with E-state index in [1.807, 2.05) is 19.2 Å². The molecule has 3 N–H and O–H groups in total. The Hall–Kier alpha value is -1.78. The topological polar surface area (TPSA) is 74.7 Å². The molecule has 0 aromatic carbocycles. The third-order valence-electron chi connectivity index (χ3n) is 2.72. The van der Waals surface area contributed by atoms with E-state index in [9.17, 15) is 0 Å². The molecule has 1 rings (SSSR count). The number of nitrogens with zero attached hydrogens (tertiary/aromatic N) is 3. The Labute approximate surface area is 95.6 Å². The summed E-state index contributed by atoms with van der Waals surface area (Å²) in [5.74, 6) is 0.845. The third kappa shape index (κ3) is 2.62. The van der Waals surface area contributed by atoms with Crippen LogP contribution in [0.3, 0.4) is 0 Å². The van der Waals surface area contributed by atoms with Gasteiger partial charge in [0.15, 0.2) is 5.84 Å². The molecule has 0 radical (unpaired) electrons. The predicted molar refractivity (Wildman–Crippen MR) is 64.9 cm³/mol. The molecule has 0 fully saturated rings. The highest BCUT2D eigenvalue weighted by molar-refractivity contribution is 5.95. The van der Waals surface area contributed by atoms with Crippen molar-refractivity contribution in [2.24, 2.45) is 10.9 Å². The molecule has 0 saturated heterocycles. The number of oxime groups is 1. The Morgan fingerprint density at radius 3 is 2.88 bits per heavy atom. The van der Waals surface area contributed by atoms with Crippen LogP contribution in [0.5, 0.6) is 0 Å². The molecular weight excluding hydrogens is 204 g/mol. The third-order valence-corrected chi connectivity index (χ3v) is 2.72. The van der Waals surface area contributed by atoms with Crippen molar-refractivity contribution in [3.63, 3.8) is 0 Å². The molecule has 88 valence electrons. The van der Waals surface area contributed by atoms with Crippen molar-refractivity contribution < 1.29 is 5.21 Å². The van der Waals surface area contributed by atoms with E-state index in [4.69, 9.17) is 10.9 Å². The lowest BCUT2D eigenvalue weighted by atomic mass is 10.2. The molecule has 0 amide bonds. The van der Waals surface area contributed by atoms with Gasteiger partial charge in [0.1, 0.15) is 11.5 Å². The molecule has 5 nitrogen and oxygen atoms in total. The standard InChI is InChI=1S/C11H18N4O/c1-4-8(2)15(3)10-7-5-6-9(13-10)11(12)14-16/h5-8,16H,4H2,1-3H3,(H2,12,14). The average molecular weight is 222 g/mol. The quantitative estimate of drug-likeness (QED) is 0.349. The lowest BCUT2D eigenvalue weighted by Crippen LogP contribution is -2.29. The van der Waals surface area contributed by atoms with Gasteiger partial charge in [0, 0.05) is 13.1 Å². The summed E-state index contributed by atoms with van der Waals surface area (Å²) in [6.45, 7) is 4.24. The van der Waals surface area contributed by atoms with E-state index < -0.39 is 0 Å². The van der Waals surface area contributed by atoms with Crippen LogP contribution in [0.25, 0.3) is 0 Å². The number of aromatic nitrogens is 1. The molecule has 0 aliphatic rings. The number of hydrogen-bond acceptors (Lipinski definition) is 4. The molecule has 0 aliphatic heterocycles. The van der Waals surface area contributed by atoms with Crippen LogP contribution in [-0.2, 0) is 0 Å². The summed E-state index contributed by atoms with van der Waals surface area (Å²) in [4.78, 5) is 6.39. The van der Waals surface area contributed by atoms with E-state index in [0.717, 1.165) is 12.2 Å². The Morgan fingerprint density at radius 1 is 1.62 bits per heavy atom. The van der Waals surface area contributed by atoms with Crippen LogP contribution in [0.4, 0.5) is 5.82 Å². The van der Waals surface area contributed by atoms with E-state index in [-0.39, 0.29) is 5.84 Å². The molecule has 1 atom stereocenters. The fourth-order valence-electron chi connectivity index (χ4n) is 1.31. The molecule has 0 saturated carbocycles. The second-order valence-corrected chi connectivity index (χ2v) is 3.73. The fraction of sp³-hybridized carbons (Fsp3) is 0.455. The molecule has 1 aromatic rings. The van der Waals surface area contributed by atoms with Gasteiger partial charge in [-0.3, -0.25) is 0 Å². The van der Waals surface area contributed by atoms with Crippen molar-refractivity contribution in [3.05, 3.63) is 23.9 Å². The molecule has 0 spiro atoms. The SMILES string of the molecule is CCC(C)N(C)c1cccc(C(N)=NO)n1. The number of amidine groups is 1. The van der Waals surface area contributed by atoms with Crippen molar-refractivity contribution in [2.75, 3.05) is 11.9 Å². The zero-order chi connectivity index (χ0) is 12.1. The summed E-state index contributed by atoms with van der Waals surface area (Å²) >= 11 is 0. The molecule has 0 bridgehead atoms. The van der Waals surface area contributed by atoms with Crippen LogP contribution in [0, 0.1) is 0 Å². The fourth-order valence-corrected chi connectivity index (χ4v) is 1.31. The first-order chi connectivity index (χ1) is 7.60. The summed E-state index contributed by atoms with van der Waals surface area (Å²) in [6, 6.07) is 5.85. The van der Waals surface area contributed by atoms with Gasteiger partial charge < -0.3 is 15.8 Å². The number of pyridine rings is 1. The van der Waals surface area contributed by atoms with Crippen LogP contribution in [0.1, 0.15) is 26.0 Å². The van der Waals surface area contributed by atoms with Gasteiger partial charge in [-0.25, -0.2) is 4.98 Å². The van der Waals surface area contributed by atoms with Crippen molar-refractivity contribution >= 4 is 11.7 Å². The number of anilines is 1. The van der Waals surface area contributed by atoms with E-state index in [0.29, 0.717) is 11.7 Å². The molecule has 1 unspecified atom stereocenters. The van der Waals surface area contributed by atoms with Crippen LogP contribution in [-0.4, -0.2) is 29.1 Å². The molecule has 16 heavy (non-hydrogen) atoms. The van der Waals surface area contributed by atoms with Crippen molar-refractivity contribution in [3.8, 4) is 0 Å². The zero-order valence-electron chi connectivity index (χ0n) is 9.88. The van der Waals surface area contributed by atoms with Gasteiger partial charge in [0.05, 0.1) is 0 Å². The Kier molecular flexibility index (Phi) is 4.10. The highest BCUT2D eigenvalue weighted by atomic mass is 16.4. The largest absolute Gasteiger partial charge is 0.409 e. The van der Waals surface area contributed by atoms with Gasteiger partial charge in [0.2, 0.25) is 0 Å². The maximum atomic E-state index is 8.58. The Morgan fingerprint density at radius 2 is 2.31 bits per heavy atom. The molecule has 0 aliphatic carbocycles. The van der Waals surface area contributed by atoms with Crippen molar-refractivity contribution in [1.29, 1.82) is 0 Å². The van der Waals surface area contributed by atoms with E-state index in [1.54, 1.807) is 6.07 Å². The minimum atomic E-state index is 0.0272. The summed E-state index contributed by atoms with van der Waals surface area (Å²) in [7, 11) is 1.98. The van der Waals surface area contributed by atoms with Crippen molar-refractivity contribution in [2.45, 2.75) is 26.3 Å². The first-order valence-corrected chi connectivity index (χ1v) is 5.28. The highest BCUT2D eigenvalue weighted by Crippen LogP contribution is 2.14. The molecular formula is C11H18N4O. The lowest BCUT2D eigenvalue weighted by molar-refractivity contribution is 0.318.